The zero-order chi connectivity index (χ0) is 4.99. The van der Waals surface area contributed by atoms with E-state index in [0.29, 0.717) is 6.61 Å². The van der Waals surface area contributed by atoms with Crippen molar-refractivity contribution in [1.29, 1.82) is 0 Å². The average Bonchev–Trinajstić information content (AvgIpc) is 1.35. The van der Waals surface area contributed by atoms with Crippen LogP contribution in [-0.4, -0.2) is 11.5 Å². The highest BCUT2D eigenvalue weighted by Crippen LogP contribution is 2.12. The molecule has 6 heavy (non-hydrogen) atoms. The molecule has 0 saturated carbocycles. The molecule has 37 valence electrons. The van der Waals surface area contributed by atoms with Crippen LogP contribution in [0.15, 0.2) is 0 Å². The maximum atomic E-state index is 9.53. The second kappa shape index (κ2) is 3.22. The molecule has 0 bridgehead atoms. The second-order valence-corrected chi connectivity index (χ2v) is 1.39. The lowest BCUT2D eigenvalue weighted by Gasteiger charge is -1.83. The van der Waals surface area contributed by atoms with Gasteiger partial charge in [-0.05, 0) is 6.92 Å². The minimum absolute atomic E-state index is 0.297. The first-order chi connectivity index (χ1) is 2.77. The van der Waals surface area contributed by atoms with Gasteiger partial charge in [0.05, 0.1) is 6.61 Å². The first-order valence-electron chi connectivity index (χ1n) is 1.56. The van der Waals surface area contributed by atoms with Crippen molar-refractivity contribution in [3.05, 3.63) is 0 Å². The lowest BCUT2D eigenvalue weighted by atomic mass is 10.9. The van der Waals surface area contributed by atoms with Gasteiger partial charge in [-0.2, -0.15) is 0 Å². The van der Waals surface area contributed by atoms with Crippen LogP contribution in [0.4, 0.5) is 0 Å². The van der Waals surface area contributed by atoms with Crippen LogP contribution in [0.2, 0.25) is 0 Å². The Kier molecular flexibility index (Phi) is 3.23. The third kappa shape index (κ3) is 4.02. The summed E-state index contributed by atoms with van der Waals surface area (Å²) >= 11 is 0. The Morgan fingerprint density at radius 2 is 2.50 bits per heavy atom. The van der Waals surface area contributed by atoms with Crippen LogP contribution in [0, 0.1) is 0 Å². The fourth-order valence-corrected chi connectivity index (χ4v) is 0.331. The summed E-state index contributed by atoms with van der Waals surface area (Å²) < 4.78 is 13.6. The zero-order valence-electron chi connectivity index (χ0n) is 3.42. The van der Waals surface area contributed by atoms with Crippen LogP contribution >= 0.6 is 8.25 Å². The van der Waals surface area contributed by atoms with E-state index in [-0.39, 0.29) is 0 Å². The van der Waals surface area contributed by atoms with Gasteiger partial charge in [0.2, 0.25) is 0 Å². The van der Waals surface area contributed by atoms with Gasteiger partial charge in [0.15, 0.2) is 0 Å². The van der Waals surface area contributed by atoms with Crippen molar-refractivity contribution in [2.24, 2.45) is 0 Å². The molecule has 0 rings (SSSR count). The predicted molar refractivity (Wildman–Crippen MR) is 21.5 cm³/mol. The van der Waals surface area contributed by atoms with Crippen LogP contribution < -0.4 is 0 Å². The topological polar surface area (TPSA) is 46.5 Å². The normalized spacial score (nSPS) is 11.3. The van der Waals surface area contributed by atoms with Gasteiger partial charge in [-0.25, -0.2) is 4.57 Å². The summed E-state index contributed by atoms with van der Waals surface area (Å²) in [6.07, 6.45) is 0. The van der Waals surface area contributed by atoms with E-state index in [1.807, 2.05) is 0 Å². The molecule has 3 nitrogen and oxygen atoms in total. The maximum absolute atomic E-state index is 9.53. The molecule has 0 aliphatic carbocycles. The fourth-order valence-electron chi connectivity index (χ4n) is 0.110. The molecular formula is C2H6O3P. The molecule has 0 aliphatic rings. The van der Waals surface area contributed by atoms with Crippen molar-refractivity contribution in [2.45, 2.75) is 6.92 Å². The number of hydrogen-bond acceptors (Lipinski definition) is 2. The van der Waals surface area contributed by atoms with Crippen molar-refractivity contribution in [3.63, 3.8) is 0 Å². The molecule has 0 fully saturated rings. The molecule has 0 saturated heterocycles. The van der Waals surface area contributed by atoms with Gasteiger partial charge >= 0.3 is 8.25 Å². The van der Waals surface area contributed by atoms with Gasteiger partial charge in [0.25, 0.3) is 0 Å². The van der Waals surface area contributed by atoms with Crippen molar-refractivity contribution in [3.8, 4) is 0 Å². The third-order valence-electron chi connectivity index (χ3n) is 0.240. The monoisotopic (exact) mass is 109 g/mol. The van der Waals surface area contributed by atoms with E-state index >= 15 is 0 Å². The van der Waals surface area contributed by atoms with E-state index in [1.54, 1.807) is 6.92 Å². The number of rotatable bonds is 2. The second-order valence-electron chi connectivity index (χ2n) is 0.656. The fraction of sp³-hybridized carbons (Fsp3) is 1.00. The van der Waals surface area contributed by atoms with Crippen molar-refractivity contribution >= 4 is 8.25 Å². The molecule has 1 N–H and O–H groups in total. The first-order valence-corrected chi connectivity index (χ1v) is 2.69. The van der Waals surface area contributed by atoms with Gasteiger partial charge in [-0.3, -0.25) is 9.42 Å². The smallest absolute Gasteiger partial charge is 0.298 e. The molecule has 0 aliphatic heterocycles. The van der Waals surface area contributed by atoms with Gasteiger partial charge in [-0.1, -0.05) is 0 Å². The van der Waals surface area contributed by atoms with E-state index < -0.39 is 8.25 Å². The van der Waals surface area contributed by atoms with Crippen LogP contribution in [-0.2, 0) is 9.09 Å². The van der Waals surface area contributed by atoms with E-state index in [1.165, 1.54) is 0 Å². The highest BCUT2D eigenvalue weighted by Gasteiger charge is 1.84. The van der Waals surface area contributed by atoms with Crippen molar-refractivity contribution in [1.82, 2.24) is 0 Å². The van der Waals surface area contributed by atoms with Crippen molar-refractivity contribution < 1.29 is 14.0 Å². The van der Waals surface area contributed by atoms with Gasteiger partial charge < -0.3 is 0 Å². The summed E-state index contributed by atoms with van der Waals surface area (Å²) in [5, 5.41) is 0. The minimum atomic E-state index is -2.35. The lowest BCUT2D eigenvalue weighted by Crippen LogP contribution is -1.72. The summed E-state index contributed by atoms with van der Waals surface area (Å²) in [6.45, 7) is 1.95. The Balaban J connectivity index is 2.83. The van der Waals surface area contributed by atoms with Crippen LogP contribution in [0.1, 0.15) is 6.92 Å². The van der Waals surface area contributed by atoms with Gasteiger partial charge in [0.1, 0.15) is 0 Å². The summed E-state index contributed by atoms with van der Waals surface area (Å²) in [6, 6.07) is 0. The van der Waals surface area contributed by atoms with Gasteiger partial charge in [0, 0.05) is 0 Å². The Morgan fingerprint density at radius 3 is 2.50 bits per heavy atom. The molecule has 0 spiro atoms. The summed E-state index contributed by atoms with van der Waals surface area (Å²) in [5.41, 5.74) is 0. The standard InChI is InChI=1S/C2H6O3P/c1-2-5-6(3)4/h2H2,1H3,(H,3,4). The van der Waals surface area contributed by atoms with Crippen LogP contribution in [0.3, 0.4) is 0 Å². The van der Waals surface area contributed by atoms with E-state index in [0.717, 1.165) is 0 Å². The molecule has 0 aromatic heterocycles. The molecule has 1 atom stereocenters. The lowest BCUT2D eigenvalue weighted by molar-refractivity contribution is 0.297. The van der Waals surface area contributed by atoms with Crippen LogP contribution in [0.5, 0.6) is 0 Å². The average molecular weight is 109 g/mol. The molecule has 1 radical (unpaired) electrons. The SMILES string of the molecule is CCO[P](=O)O. The Hall–Kier alpha value is 0.0200. The summed E-state index contributed by atoms with van der Waals surface area (Å²) in [4.78, 5) is 7.84. The highest BCUT2D eigenvalue weighted by atomic mass is 31.1. The highest BCUT2D eigenvalue weighted by molar-refractivity contribution is 7.32. The summed E-state index contributed by atoms with van der Waals surface area (Å²) in [5.74, 6) is 0. The Morgan fingerprint density at radius 1 is 2.00 bits per heavy atom. The summed E-state index contributed by atoms with van der Waals surface area (Å²) in [7, 11) is -2.35. The van der Waals surface area contributed by atoms with Crippen molar-refractivity contribution in [2.75, 3.05) is 6.61 Å². The van der Waals surface area contributed by atoms with E-state index in [4.69, 9.17) is 4.89 Å². The predicted octanol–water partition coefficient (Wildman–Crippen LogP) is 0.673. The largest absolute Gasteiger partial charge is 0.366 e. The zero-order valence-corrected chi connectivity index (χ0v) is 4.31. The molecule has 1 unspecified atom stereocenters. The molecule has 0 aromatic rings. The van der Waals surface area contributed by atoms with E-state index in [2.05, 4.69) is 4.52 Å². The molecule has 0 amide bonds. The molecular weight excluding hydrogens is 103 g/mol. The Bertz CT molecular complexity index is 52.8. The molecule has 0 heterocycles. The molecule has 4 heteroatoms. The molecule has 0 aromatic carbocycles. The van der Waals surface area contributed by atoms with Crippen LogP contribution in [0.25, 0.3) is 0 Å². The maximum Gasteiger partial charge on any atom is 0.366 e. The third-order valence-corrected chi connectivity index (χ3v) is 0.719. The van der Waals surface area contributed by atoms with Gasteiger partial charge in [-0.15, -0.1) is 0 Å². The minimum Gasteiger partial charge on any atom is -0.298 e. The van der Waals surface area contributed by atoms with E-state index in [9.17, 15) is 4.57 Å². The first kappa shape index (κ1) is 6.02. The quantitative estimate of drug-likeness (QED) is 0.530. The number of hydrogen-bond donors (Lipinski definition) is 1. The Labute approximate surface area is 36.9 Å².